The molecule has 1 aromatic rings. The van der Waals surface area contributed by atoms with E-state index in [2.05, 4.69) is 11.8 Å². The van der Waals surface area contributed by atoms with Gasteiger partial charge in [-0.15, -0.1) is 0 Å². The van der Waals surface area contributed by atoms with E-state index < -0.39 is 63.6 Å². The number of fused-ring (bicyclic) bond motifs is 3. The number of unbranched alkanes of at least 4 members (excludes halogenated alkanes) is 1. The molecule has 1 unspecified atom stereocenters. The number of halogens is 1. The van der Waals surface area contributed by atoms with Crippen LogP contribution in [0, 0.1) is 17.7 Å². The lowest BCUT2D eigenvalue weighted by atomic mass is 9.60. The second kappa shape index (κ2) is 9.90. The van der Waals surface area contributed by atoms with E-state index in [1.807, 2.05) is 6.92 Å². The normalized spacial score (nSPS) is 25.3. The maximum Gasteiger partial charge on any atom is 0.255 e. The highest BCUT2D eigenvalue weighted by Gasteiger charge is 2.59. The Bertz CT molecular complexity index is 1240. The van der Waals surface area contributed by atoms with E-state index in [9.17, 15) is 34.8 Å². The lowest BCUT2D eigenvalue weighted by molar-refractivity contribution is -0.144. The van der Waals surface area contributed by atoms with Crippen LogP contribution < -0.4 is 5.73 Å². The van der Waals surface area contributed by atoms with Gasteiger partial charge in [0, 0.05) is 35.6 Å². The van der Waals surface area contributed by atoms with Gasteiger partial charge in [-0.1, -0.05) is 20.3 Å². The molecule has 0 aliphatic heterocycles. The molecule has 1 aromatic carbocycles. The number of hydrogen-bond acceptors (Lipinski definition) is 8. The molecule has 1 amide bonds. The number of nitrogens with two attached hydrogens (primary N) is 1. The summed E-state index contributed by atoms with van der Waals surface area (Å²) in [7, 11) is 0. The third-order valence-corrected chi connectivity index (χ3v) is 7.83. The number of carbonyl (C=O) groups is 3. The molecular formula is C27H33FN2O7. The Morgan fingerprint density at radius 3 is 2.49 bits per heavy atom. The fourth-order valence-corrected chi connectivity index (χ4v) is 6.05. The number of phenolic OH excluding ortho intramolecular Hbond substituents is 1. The number of Topliss-reactive ketones (excluding diaryl/α,β-unsaturated/α-hetero) is 2. The zero-order chi connectivity index (χ0) is 27.2. The van der Waals surface area contributed by atoms with Gasteiger partial charge >= 0.3 is 0 Å². The predicted octanol–water partition coefficient (Wildman–Crippen LogP) is 2.73. The Morgan fingerprint density at radius 2 is 1.86 bits per heavy atom. The van der Waals surface area contributed by atoms with Crippen LogP contribution in [-0.4, -0.2) is 61.5 Å². The van der Waals surface area contributed by atoms with Crippen LogP contribution in [-0.2, 0) is 22.6 Å². The van der Waals surface area contributed by atoms with Crippen LogP contribution in [0.25, 0.3) is 0 Å². The van der Waals surface area contributed by atoms with Gasteiger partial charge in [-0.25, -0.2) is 4.39 Å². The van der Waals surface area contributed by atoms with E-state index in [1.165, 1.54) is 6.07 Å². The summed E-state index contributed by atoms with van der Waals surface area (Å²) < 4.78 is 15.8. The second-order valence-electron chi connectivity index (χ2n) is 10.3. The highest BCUT2D eigenvalue weighted by atomic mass is 19.1. The van der Waals surface area contributed by atoms with Crippen LogP contribution in [0.3, 0.4) is 0 Å². The Labute approximate surface area is 214 Å². The van der Waals surface area contributed by atoms with Crippen molar-refractivity contribution in [1.29, 1.82) is 0 Å². The molecule has 4 rings (SSSR count). The quantitative estimate of drug-likeness (QED) is 0.330. The van der Waals surface area contributed by atoms with Gasteiger partial charge < -0.3 is 26.2 Å². The van der Waals surface area contributed by atoms with Crippen LogP contribution in [0.1, 0.15) is 67.4 Å². The van der Waals surface area contributed by atoms with Crippen molar-refractivity contribution in [3.05, 3.63) is 51.2 Å². The van der Waals surface area contributed by atoms with E-state index in [4.69, 9.17) is 5.73 Å². The summed E-state index contributed by atoms with van der Waals surface area (Å²) in [4.78, 5) is 40.3. The molecule has 0 aromatic heterocycles. The van der Waals surface area contributed by atoms with Crippen LogP contribution in [0.15, 0.2) is 28.7 Å². The molecule has 6 N–H and O–H groups in total. The first-order valence-corrected chi connectivity index (χ1v) is 12.7. The number of aromatic hydroxyl groups is 1. The SMILES string of the molecule is CCCCN(CCC)Cc1cc(O)c2c(c1F)CC1C[C@H]3CC(O)=C(C(N)=O)C(=O)[C@@]3(O)C(O)=C1C2=O. The minimum atomic E-state index is -2.64. The zero-order valence-corrected chi connectivity index (χ0v) is 21.0. The smallest absolute Gasteiger partial charge is 0.255 e. The maximum absolute atomic E-state index is 15.8. The maximum atomic E-state index is 15.8. The molecule has 200 valence electrons. The van der Waals surface area contributed by atoms with Crippen molar-refractivity contribution in [1.82, 2.24) is 4.90 Å². The number of benzene rings is 1. The van der Waals surface area contributed by atoms with E-state index >= 15 is 4.39 Å². The summed E-state index contributed by atoms with van der Waals surface area (Å²) in [6, 6.07) is 1.22. The van der Waals surface area contributed by atoms with E-state index in [1.54, 1.807) is 0 Å². The molecule has 10 heteroatoms. The summed E-state index contributed by atoms with van der Waals surface area (Å²) in [6.45, 7) is 5.87. The van der Waals surface area contributed by atoms with Crippen molar-refractivity contribution in [2.24, 2.45) is 17.6 Å². The number of primary amides is 1. The molecule has 0 heterocycles. The number of allylic oxidation sites excluding steroid dienone is 2. The number of phenols is 1. The van der Waals surface area contributed by atoms with Crippen molar-refractivity contribution in [2.45, 2.75) is 64.5 Å². The molecule has 37 heavy (non-hydrogen) atoms. The number of hydrogen-bond donors (Lipinski definition) is 5. The van der Waals surface area contributed by atoms with Crippen molar-refractivity contribution < 1.29 is 39.2 Å². The van der Waals surface area contributed by atoms with Gasteiger partial charge in [0.15, 0.2) is 11.4 Å². The number of aliphatic hydroxyl groups excluding tert-OH is 2. The van der Waals surface area contributed by atoms with Crippen molar-refractivity contribution in [3.63, 3.8) is 0 Å². The molecule has 0 spiro atoms. The first-order chi connectivity index (χ1) is 17.5. The highest BCUT2D eigenvalue weighted by molar-refractivity contribution is 6.24. The largest absolute Gasteiger partial charge is 0.511 e. The number of rotatable bonds is 8. The standard InChI is InChI=1S/C27H33FN2O7/c1-3-5-7-30(6-4-2)12-14-10-17(31)20-16(22(14)28)9-13-8-15-11-18(32)21(26(29)36)25(35)27(15,37)24(34)19(13)23(20)33/h10,13,15,31-32,34,37H,3-9,11-12H2,1-2H3,(H2,29,36)/t13?,15-,27-/m0/s1. The van der Waals surface area contributed by atoms with Gasteiger partial charge in [-0.05, 0) is 50.8 Å². The fourth-order valence-electron chi connectivity index (χ4n) is 6.05. The third kappa shape index (κ3) is 4.21. The topological polar surface area (TPSA) is 161 Å². The van der Waals surface area contributed by atoms with Crippen molar-refractivity contribution >= 4 is 17.5 Å². The Morgan fingerprint density at radius 1 is 1.16 bits per heavy atom. The van der Waals surface area contributed by atoms with Crippen LogP contribution in [0.5, 0.6) is 5.75 Å². The summed E-state index contributed by atoms with van der Waals surface area (Å²) in [5.74, 6) is -7.85. The lowest BCUT2D eigenvalue weighted by Crippen LogP contribution is -2.57. The van der Waals surface area contributed by atoms with Crippen molar-refractivity contribution in [3.8, 4) is 5.75 Å². The van der Waals surface area contributed by atoms with Crippen molar-refractivity contribution in [2.75, 3.05) is 13.1 Å². The molecule has 0 bridgehead atoms. The summed E-state index contributed by atoms with van der Waals surface area (Å²) in [6.07, 6.45) is 2.38. The Kier molecular flexibility index (Phi) is 7.18. The molecule has 9 nitrogen and oxygen atoms in total. The van der Waals surface area contributed by atoms with E-state index in [0.29, 0.717) is 0 Å². The lowest BCUT2D eigenvalue weighted by Gasteiger charge is -2.45. The fraction of sp³-hybridized carbons (Fsp3) is 0.519. The number of amides is 1. The minimum Gasteiger partial charge on any atom is -0.511 e. The zero-order valence-electron chi connectivity index (χ0n) is 21.0. The average molecular weight is 517 g/mol. The van der Waals surface area contributed by atoms with E-state index in [-0.39, 0.29) is 48.1 Å². The molecule has 3 atom stereocenters. The molecule has 0 fully saturated rings. The van der Waals surface area contributed by atoms with Gasteiger partial charge in [0.2, 0.25) is 5.78 Å². The van der Waals surface area contributed by atoms with Gasteiger partial charge in [-0.2, -0.15) is 0 Å². The monoisotopic (exact) mass is 516 g/mol. The first kappa shape index (κ1) is 26.8. The third-order valence-electron chi connectivity index (χ3n) is 7.83. The molecular weight excluding hydrogens is 483 g/mol. The predicted molar refractivity (Wildman–Crippen MR) is 131 cm³/mol. The van der Waals surface area contributed by atoms with Gasteiger partial charge in [-0.3, -0.25) is 19.3 Å². The molecule has 0 radical (unpaired) electrons. The van der Waals surface area contributed by atoms with Gasteiger partial charge in [0.05, 0.1) is 5.56 Å². The Hall–Kier alpha value is -3.24. The number of nitrogens with zero attached hydrogens (tertiary/aromatic N) is 1. The van der Waals surface area contributed by atoms with Gasteiger partial charge in [0.1, 0.15) is 28.7 Å². The summed E-state index contributed by atoms with van der Waals surface area (Å²) >= 11 is 0. The molecule has 3 aliphatic rings. The van der Waals surface area contributed by atoms with Crippen LogP contribution in [0.2, 0.25) is 0 Å². The van der Waals surface area contributed by atoms with Gasteiger partial charge in [0.25, 0.3) is 5.91 Å². The molecule has 0 saturated heterocycles. The number of ketones is 2. The highest BCUT2D eigenvalue weighted by Crippen LogP contribution is 2.51. The number of carbonyl (C=O) groups excluding carboxylic acids is 3. The Balaban J connectivity index is 1.77. The van der Waals surface area contributed by atoms with E-state index in [0.717, 1.165) is 32.4 Å². The summed E-state index contributed by atoms with van der Waals surface area (Å²) in [5.41, 5.74) is 1.41. The number of aliphatic hydroxyl groups is 3. The second-order valence-corrected chi connectivity index (χ2v) is 10.3. The van der Waals surface area contributed by atoms with Crippen LogP contribution >= 0.6 is 0 Å². The van der Waals surface area contributed by atoms with Crippen LogP contribution in [0.4, 0.5) is 4.39 Å². The average Bonchev–Trinajstić information content (AvgIpc) is 2.82. The first-order valence-electron chi connectivity index (χ1n) is 12.7. The summed E-state index contributed by atoms with van der Waals surface area (Å²) in [5, 5.41) is 43.3. The minimum absolute atomic E-state index is 0.0265. The molecule has 0 saturated carbocycles. The molecule has 3 aliphatic carbocycles.